The number of benzene rings is 7. The van der Waals surface area contributed by atoms with Crippen molar-refractivity contribution in [1.29, 1.82) is 0 Å². The molecule has 3 heterocycles. The van der Waals surface area contributed by atoms with Crippen molar-refractivity contribution in [2.75, 3.05) is 0 Å². The molecule has 10 aromatic rings. The first-order valence-corrected chi connectivity index (χ1v) is 18.3. The van der Waals surface area contributed by atoms with Gasteiger partial charge < -0.3 is 4.42 Å². The largest absolute Gasteiger partial charge is 0.456 e. The maximum Gasteiger partial charge on any atom is 0.164 e. The smallest absolute Gasteiger partial charge is 0.164 e. The Morgan fingerprint density at radius 2 is 0.691 bits per heavy atom. The lowest BCUT2D eigenvalue weighted by molar-refractivity contribution is 0.669. The van der Waals surface area contributed by atoms with Crippen molar-refractivity contribution < 1.29 is 4.42 Å². The number of furan rings is 1. The molecule has 0 aliphatic carbocycles. The van der Waals surface area contributed by atoms with E-state index in [4.69, 9.17) is 19.4 Å². The summed E-state index contributed by atoms with van der Waals surface area (Å²) in [6.07, 6.45) is 3.71. The molecule has 5 nitrogen and oxygen atoms in total. The van der Waals surface area contributed by atoms with Crippen LogP contribution in [0, 0.1) is 0 Å². The van der Waals surface area contributed by atoms with Gasteiger partial charge in [-0.15, -0.1) is 0 Å². The van der Waals surface area contributed by atoms with E-state index in [0.717, 1.165) is 83.1 Å². The van der Waals surface area contributed by atoms with Gasteiger partial charge in [0.1, 0.15) is 11.2 Å². The van der Waals surface area contributed by atoms with Crippen LogP contribution < -0.4 is 0 Å². The van der Waals surface area contributed by atoms with E-state index in [1.807, 2.05) is 73.1 Å². The van der Waals surface area contributed by atoms with E-state index < -0.39 is 0 Å². The second-order valence-corrected chi connectivity index (χ2v) is 13.5. The third-order valence-corrected chi connectivity index (χ3v) is 10.1. The lowest BCUT2D eigenvalue weighted by atomic mass is 9.85. The predicted molar refractivity (Wildman–Crippen MR) is 223 cm³/mol. The molecule has 0 radical (unpaired) electrons. The van der Waals surface area contributed by atoms with Crippen LogP contribution in [0.3, 0.4) is 0 Å². The molecule has 0 aliphatic heterocycles. The molecule has 0 saturated carbocycles. The minimum atomic E-state index is 0.602. The van der Waals surface area contributed by atoms with Gasteiger partial charge in [-0.05, 0) is 93.0 Å². The van der Waals surface area contributed by atoms with Crippen LogP contribution in [0.2, 0.25) is 0 Å². The fourth-order valence-electron chi connectivity index (χ4n) is 7.34. The third kappa shape index (κ3) is 6.14. The first-order chi connectivity index (χ1) is 27.2. The summed E-state index contributed by atoms with van der Waals surface area (Å²) < 4.78 is 6.12. The second-order valence-electron chi connectivity index (χ2n) is 13.5. The molecule has 3 aromatic heterocycles. The first-order valence-electron chi connectivity index (χ1n) is 18.3. The molecule has 55 heavy (non-hydrogen) atoms. The summed E-state index contributed by atoms with van der Waals surface area (Å²) in [5.41, 5.74) is 13.5. The van der Waals surface area contributed by atoms with Crippen LogP contribution in [-0.4, -0.2) is 19.9 Å². The Kier molecular flexibility index (Phi) is 8.08. The molecular weight excluding hydrogens is 673 g/mol. The summed E-state index contributed by atoms with van der Waals surface area (Å²) in [6.45, 7) is 0. The topological polar surface area (TPSA) is 64.7 Å². The summed E-state index contributed by atoms with van der Waals surface area (Å²) in [6, 6.07) is 62.8. The number of para-hydroxylation sites is 1. The minimum absolute atomic E-state index is 0.602. The molecule has 7 aromatic carbocycles. The summed E-state index contributed by atoms with van der Waals surface area (Å²) in [5, 5.41) is 2.09. The molecule has 0 N–H and O–H groups in total. The molecule has 0 amide bonds. The highest BCUT2D eigenvalue weighted by Crippen LogP contribution is 2.42. The van der Waals surface area contributed by atoms with Crippen LogP contribution in [0.1, 0.15) is 0 Å². The molecule has 0 atom stereocenters. The zero-order valence-electron chi connectivity index (χ0n) is 29.7. The fraction of sp³-hybridized carbons (Fsp3) is 0. The van der Waals surface area contributed by atoms with Crippen molar-refractivity contribution in [1.82, 2.24) is 19.9 Å². The van der Waals surface area contributed by atoms with Crippen molar-refractivity contribution in [3.05, 3.63) is 194 Å². The monoisotopic (exact) mass is 704 g/mol. The first kappa shape index (κ1) is 32.2. The maximum atomic E-state index is 6.12. The van der Waals surface area contributed by atoms with E-state index in [1.54, 1.807) is 0 Å². The van der Waals surface area contributed by atoms with Gasteiger partial charge in [0.15, 0.2) is 17.5 Å². The Hall–Kier alpha value is -7.50. The van der Waals surface area contributed by atoms with Crippen LogP contribution in [0.15, 0.2) is 199 Å². The summed E-state index contributed by atoms with van der Waals surface area (Å²) >= 11 is 0. The van der Waals surface area contributed by atoms with Gasteiger partial charge in [-0.1, -0.05) is 133 Å². The Morgan fingerprint density at radius 3 is 1.27 bits per heavy atom. The second kappa shape index (κ2) is 13.8. The number of nitrogens with zero attached hydrogens (tertiary/aromatic N) is 4. The average molecular weight is 705 g/mol. The van der Waals surface area contributed by atoms with Gasteiger partial charge >= 0.3 is 0 Å². The maximum absolute atomic E-state index is 6.12. The third-order valence-electron chi connectivity index (χ3n) is 10.1. The minimum Gasteiger partial charge on any atom is -0.456 e. The van der Waals surface area contributed by atoms with Gasteiger partial charge in [0.2, 0.25) is 0 Å². The van der Waals surface area contributed by atoms with E-state index >= 15 is 0 Å². The lowest BCUT2D eigenvalue weighted by Gasteiger charge is -2.18. The molecule has 0 unspecified atom stereocenters. The molecule has 5 heteroatoms. The van der Waals surface area contributed by atoms with Gasteiger partial charge in [-0.25, -0.2) is 15.0 Å². The number of hydrogen-bond acceptors (Lipinski definition) is 5. The van der Waals surface area contributed by atoms with Gasteiger partial charge in [0, 0.05) is 39.9 Å². The summed E-state index contributed by atoms with van der Waals surface area (Å²) in [4.78, 5) is 19.4. The Morgan fingerprint density at radius 1 is 0.291 bits per heavy atom. The Balaban J connectivity index is 1.12. The summed E-state index contributed by atoms with van der Waals surface area (Å²) in [5.74, 6) is 1.83. The zero-order chi connectivity index (χ0) is 36.6. The van der Waals surface area contributed by atoms with E-state index in [2.05, 4.69) is 126 Å². The number of rotatable bonds is 7. The van der Waals surface area contributed by atoms with Gasteiger partial charge in [0.05, 0.1) is 0 Å². The molecule has 0 aliphatic rings. The van der Waals surface area contributed by atoms with Crippen molar-refractivity contribution in [3.8, 4) is 78.7 Å². The molecular formula is C50H32N4O. The highest BCUT2D eigenvalue weighted by atomic mass is 16.3. The standard InChI is InChI=1S/C50H32N4O/c1-4-12-33(13-5-1)41-32-44(36-26-28-51-29-27-36)42(34-14-6-2-7-15-34)31-43(41)35-20-22-38(23-21-35)49-52-48(37-16-8-3-9-17-37)53-50(54-49)39-24-25-47-45(30-39)40-18-10-11-19-46(40)55-47/h1-32H. The van der Waals surface area contributed by atoms with Crippen LogP contribution in [0.5, 0.6) is 0 Å². The van der Waals surface area contributed by atoms with Crippen LogP contribution in [0.25, 0.3) is 101 Å². The van der Waals surface area contributed by atoms with Crippen molar-refractivity contribution in [3.63, 3.8) is 0 Å². The molecule has 0 fully saturated rings. The predicted octanol–water partition coefficient (Wildman–Crippen LogP) is 12.8. The van der Waals surface area contributed by atoms with E-state index in [-0.39, 0.29) is 0 Å². The van der Waals surface area contributed by atoms with Crippen molar-refractivity contribution >= 4 is 21.9 Å². The number of fused-ring (bicyclic) bond motifs is 3. The van der Waals surface area contributed by atoms with Gasteiger partial charge in [0.25, 0.3) is 0 Å². The molecule has 10 rings (SSSR count). The average Bonchev–Trinajstić information content (AvgIpc) is 3.65. The van der Waals surface area contributed by atoms with E-state index in [9.17, 15) is 0 Å². The zero-order valence-corrected chi connectivity index (χ0v) is 29.7. The highest BCUT2D eigenvalue weighted by molar-refractivity contribution is 6.06. The van der Waals surface area contributed by atoms with Crippen molar-refractivity contribution in [2.45, 2.75) is 0 Å². The van der Waals surface area contributed by atoms with Gasteiger partial charge in [-0.2, -0.15) is 0 Å². The number of hydrogen-bond donors (Lipinski definition) is 0. The summed E-state index contributed by atoms with van der Waals surface area (Å²) in [7, 11) is 0. The SMILES string of the molecule is c1ccc(-c2nc(-c3ccc(-c4cc(-c5ccccc5)c(-c5ccncc5)cc4-c4ccccc4)cc3)nc(-c3ccc4oc5ccccc5c4c3)n2)cc1. The van der Waals surface area contributed by atoms with Crippen molar-refractivity contribution in [2.24, 2.45) is 0 Å². The molecule has 258 valence electrons. The van der Waals surface area contributed by atoms with Gasteiger partial charge in [-0.3, -0.25) is 4.98 Å². The molecule has 0 spiro atoms. The van der Waals surface area contributed by atoms with Crippen LogP contribution in [-0.2, 0) is 0 Å². The number of aromatic nitrogens is 4. The fourth-order valence-corrected chi connectivity index (χ4v) is 7.34. The number of pyridine rings is 1. The van der Waals surface area contributed by atoms with E-state index in [1.165, 1.54) is 0 Å². The Labute approximate surface area is 318 Å². The van der Waals surface area contributed by atoms with Crippen LogP contribution in [0.4, 0.5) is 0 Å². The van der Waals surface area contributed by atoms with Crippen LogP contribution >= 0.6 is 0 Å². The molecule has 0 saturated heterocycles. The lowest BCUT2D eigenvalue weighted by Crippen LogP contribution is -2.00. The Bertz CT molecular complexity index is 2940. The normalized spacial score (nSPS) is 11.3. The highest BCUT2D eigenvalue weighted by Gasteiger charge is 2.18. The quantitative estimate of drug-likeness (QED) is 0.165. The van der Waals surface area contributed by atoms with E-state index in [0.29, 0.717) is 17.5 Å². The molecule has 0 bridgehead atoms.